The van der Waals surface area contributed by atoms with Gasteiger partial charge >= 0.3 is 5.97 Å². The lowest BCUT2D eigenvalue weighted by Gasteiger charge is -2.28. The van der Waals surface area contributed by atoms with Crippen LogP contribution in [0.5, 0.6) is 0 Å². The number of nitrogens with zero attached hydrogens (tertiary/aromatic N) is 1. The first-order valence-corrected chi connectivity index (χ1v) is 11.5. The Labute approximate surface area is 204 Å². The normalized spacial score (nSPS) is 24.4. The molecule has 1 N–H and O–H groups in total. The standard InChI is InChI=1S/C23H19Cl3N2O5/c24-13-3-5-14(6-4-13)27-20(29)11-33-23(32)12-1-7-15(8-2-12)28-21(30)16-9-18(25)19(26)10-17(16)22(28)31/h1-8,16-19H,9-11H2,(H,27,29)/t16-,17-,18-,19+/m1/s1. The number of fused-ring (bicyclic) bond motifs is 1. The Kier molecular flexibility index (Phi) is 6.93. The first-order valence-electron chi connectivity index (χ1n) is 10.2. The van der Waals surface area contributed by atoms with Crippen molar-refractivity contribution in [2.24, 2.45) is 11.8 Å². The summed E-state index contributed by atoms with van der Waals surface area (Å²) in [6, 6.07) is 12.4. The minimum Gasteiger partial charge on any atom is -0.452 e. The molecule has 0 aromatic heterocycles. The van der Waals surface area contributed by atoms with E-state index in [4.69, 9.17) is 39.5 Å². The molecule has 1 aliphatic carbocycles. The van der Waals surface area contributed by atoms with E-state index in [1.807, 2.05) is 0 Å². The zero-order valence-corrected chi connectivity index (χ0v) is 19.4. The summed E-state index contributed by atoms with van der Waals surface area (Å²) in [5.41, 5.74) is 1.05. The Morgan fingerprint density at radius 3 is 2.00 bits per heavy atom. The van der Waals surface area contributed by atoms with E-state index in [0.29, 0.717) is 29.2 Å². The molecule has 0 bridgehead atoms. The van der Waals surface area contributed by atoms with E-state index in [1.54, 1.807) is 24.3 Å². The summed E-state index contributed by atoms with van der Waals surface area (Å²) in [6.45, 7) is -0.477. The van der Waals surface area contributed by atoms with Crippen molar-refractivity contribution >= 4 is 69.9 Å². The summed E-state index contributed by atoms with van der Waals surface area (Å²) in [4.78, 5) is 51.1. The van der Waals surface area contributed by atoms with Crippen LogP contribution in [0, 0.1) is 11.8 Å². The van der Waals surface area contributed by atoms with Crippen molar-refractivity contribution in [2.45, 2.75) is 23.6 Å². The highest BCUT2D eigenvalue weighted by atomic mass is 35.5. The molecule has 0 radical (unpaired) electrons. The lowest BCUT2D eigenvalue weighted by atomic mass is 9.80. The summed E-state index contributed by atoms with van der Waals surface area (Å²) in [5.74, 6) is -2.82. The van der Waals surface area contributed by atoms with Gasteiger partial charge in [-0.1, -0.05) is 11.6 Å². The molecular weight excluding hydrogens is 491 g/mol. The van der Waals surface area contributed by atoms with Crippen molar-refractivity contribution in [3.63, 3.8) is 0 Å². The Morgan fingerprint density at radius 2 is 1.45 bits per heavy atom. The Morgan fingerprint density at radius 1 is 0.909 bits per heavy atom. The number of hydrogen-bond acceptors (Lipinski definition) is 5. The number of carbonyl (C=O) groups excluding carboxylic acids is 4. The number of rotatable bonds is 5. The van der Waals surface area contributed by atoms with Gasteiger partial charge in [-0.2, -0.15) is 0 Å². The second-order valence-electron chi connectivity index (χ2n) is 7.91. The summed E-state index contributed by atoms with van der Waals surface area (Å²) in [5, 5.41) is 2.40. The number of carbonyl (C=O) groups is 4. The molecule has 2 aliphatic rings. The van der Waals surface area contributed by atoms with Crippen molar-refractivity contribution in [3.8, 4) is 0 Å². The maximum absolute atomic E-state index is 12.8. The first kappa shape index (κ1) is 23.5. The van der Waals surface area contributed by atoms with Gasteiger partial charge in [-0.25, -0.2) is 4.79 Å². The fourth-order valence-electron chi connectivity index (χ4n) is 4.04. The molecule has 0 spiro atoms. The predicted octanol–water partition coefficient (Wildman–Crippen LogP) is 4.25. The second kappa shape index (κ2) is 9.71. The van der Waals surface area contributed by atoms with Crippen molar-refractivity contribution in [2.75, 3.05) is 16.8 Å². The highest BCUT2D eigenvalue weighted by molar-refractivity contribution is 6.31. The van der Waals surface area contributed by atoms with Crippen LogP contribution in [0.25, 0.3) is 0 Å². The van der Waals surface area contributed by atoms with Gasteiger partial charge in [0.15, 0.2) is 6.61 Å². The Bertz CT molecular complexity index is 1060. The summed E-state index contributed by atoms with van der Waals surface area (Å²) in [7, 11) is 0. The molecule has 3 amide bonds. The molecule has 7 nitrogen and oxygen atoms in total. The average molecular weight is 510 g/mol. The van der Waals surface area contributed by atoms with Gasteiger partial charge < -0.3 is 10.1 Å². The third-order valence-electron chi connectivity index (χ3n) is 5.74. The minimum absolute atomic E-state index is 0.177. The van der Waals surface area contributed by atoms with Gasteiger partial charge in [-0.3, -0.25) is 19.3 Å². The molecule has 1 heterocycles. The van der Waals surface area contributed by atoms with Gasteiger partial charge in [0.1, 0.15) is 0 Å². The number of ether oxygens (including phenoxy) is 1. The maximum atomic E-state index is 12.8. The number of hydrogen-bond donors (Lipinski definition) is 1. The van der Waals surface area contributed by atoms with Crippen molar-refractivity contribution in [1.82, 2.24) is 0 Å². The topological polar surface area (TPSA) is 92.8 Å². The van der Waals surface area contributed by atoms with Crippen LogP contribution in [-0.4, -0.2) is 41.1 Å². The van der Waals surface area contributed by atoms with Gasteiger partial charge in [0.05, 0.1) is 33.8 Å². The van der Waals surface area contributed by atoms with E-state index >= 15 is 0 Å². The van der Waals surface area contributed by atoms with Crippen molar-refractivity contribution in [1.29, 1.82) is 0 Å². The SMILES string of the molecule is O=C(COC(=O)c1ccc(N2C(=O)[C@@H]3C[C@@H](Cl)[C@@H](Cl)C[C@H]3C2=O)cc1)Nc1ccc(Cl)cc1. The fraction of sp³-hybridized carbons (Fsp3) is 0.304. The number of anilines is 2. The molecule has 10 heteroatoms. The van der Waals surface area contributed by atoms with Crippen LogP contribution in [0.2, 0.25) is 5.02 Å². The van der Waals surface area contributed by atoms with E-state index in [9.17, 15) is 19.2 Å². The van der Waals surface area contributed by atoms with Crippen LogP contribution in [0.4, 0.5) is 11.4 Å². The van der Waals surface area contributed by atoms with Crippen molar-refractivity contribution < 1.29 is 23.9 Å². The van der Waals surface area contributed by atoms with Crippen molar-refractivity contribution in [3.05, 3.63) is 59.1 Å². The molecule has 1 saturated carbocycles. The fourth-order valence-corrected chi connectivity index (χ4v) is 4.76. The van der Waals surface area contributed by atoms with Crippen LogP contribution < -0.4 is 10.2 Å². The van der Waals surface area contributed by atoms with Crippen LogP contribution in [-0.2, 0) is 19.1 Å². The molecule has 0 unspecified atom stereocenters. The van der Waals surface area contributed by atoms with Crippen LogP contribution in [0.3, 0.4) is 0 Å². The highest BCUT2D eigenvalue weighted by Crippen LogP contribution is 2.43. The number of halogens is 3. The van der Waals surface area contributed by atoms with Gasteiger partial charge in [-0.15, -0.1) is 23.2 Å². The van der Waals surface area contributed by atoms with Gasteiger partial charge in [0, 0.05) is 10.7 Å². The number of imide groups is 1. The molecule has 4 rings (SSSR count). The molecule has 33 heavy (non-hydrogen) atoms. The molecule has 172 valence electrons. The molecule has 4 atom stereocenters. The third kappa shape index (κ3) is 5.00. The molecule has 2 aromatic carbocycles. The van der Waals surface area contributed by atoms with Crippen LogP contribution in [0.15, 0.2) is 48.5 Å². The Hall–Kier alpha value is -2.61. The van der Waals surface area contributed by atoms with E-state index < -0.39 is 30.3 Å². The van der Waals surface area contributed by atoms with E-state index in [0.717, 1.165) is 4.90 Å². The summed E-state index contributed by atoms with van der Waals surface area (Å²) < 4.78 is 5.04. The van der Waals surface area contributed by atoms with Gasteiger partial charge in [0.2, 0.25) is 11.8 Å². The Balaban J connectivity index is 1.36. The van der Waals surface area contributed by atoms with Gasteiger partial charge in [-0.05, 0) is 61.4 Å². The molecular formula is C23H19Cl3N2O5. The molecule has 2 aromatic rings. The monoisotopic (exact) mass is 508 g/mol. The van der Waals surface area contributed by atoms with Crippen LogP contribution in [0.1, 0.15) is 23.2 Å². The zero-order chi connectivity index (χ0) is 23.7. The number of alkyl halides is 2. The van der Waals surface area contributed by atoms with Gasteiger partial charge in [0.25, 0.3) is 5.91 Å². The number of amides is 3. The van der Waals surface area contributed by atoms with Crippen LogP contribution >= 0.6 is 34.8 Å². The van der Waals surface area contributed by atoms with E-state index in [2.05, 4.69) is 5.32 Å². The quantitative estimate of drug-likeness (QED) is 0.370. The molecule has 1 aliphatic heterocycles. The first-order chi connectivity index (χ1) is 15.7. The molecule has 2 fully saturated rings. The second-order valence-corrected chi connectivity index (χ2v) is 9.46. The lowest BCUT2D eigenvalue weighted by molar-refractivity contribution is -0.122. The average Bonchev–Trinajstić information content (AvgIpc) is 3.03. The number of benzene rings is 2. The zero-order valence-electron chi connectivity index (χ0n) is 17.2. The number of esters is 1. The van der Waals surface area contributed by atoms with E-state index in [1.165, 1.54) is 24.3 Å². The minimum atomic E-state index is -0.712. The largest absolute Gasteiger partial charge is 0.452 e. The maximum Gasteiger partial charge on any atom is 0.338 e. The lowest BCUT2D eigenvalue weighted by Crippen LogP contribution is -2.34. The third-order valence-corrected chi connectivity index (χ3v) is 7.08. The highest BCUT2D eigenvalue weighted by Gasteiger charge is 2.52. The summed E-state index contributed by atoms with van der Waals surface area (Å²) >= 11 is 18.2. The van der Waals surface area contributed by atoms with E-state index in [-0.39, 0.29) is 28.1 Å². The molecule has 1 saturated heterocycles. The smallest absolute Gasteiger partial charge is 0.338 e. The summed E-state index contributed by atoms with van der Waals surface area (Å²) in [6.07, 6.45) is 0.702. The number of nitrogens with one attached hydrogen (secondary N) is 1. The predicted molar refractivity (Wildman–Crippen MR) is 125 cm³/mol.